The van der Waals surface area contributed by atoms with E-state index < -0.39 is 6.04 Å². The number of aromatic nitrogens is 1. The van der Waals surface area contributed by atoms with E-state index in [-0.39, 0.29) is 30.3 Å². The smallest absolute Gasteiger partial charge is 0.245 e. The van der Waals surface area contributed by atoms with Crippen molar-refractivity contribution in [1.29, 1.82) is 0 Å². The van der Waals surface area contributed by atoms with Gasteiger partial charge in [0.2, 0.25) is 11.8 Å². The van der Waals surface area contributed by atoms with Crippen LogP contribution >= 0.6 is 0 Å². The van der Waals surface area contributed by atoms with E-state index in [2.05, 4.69) is 10.3 Å². The SMILES string of the molecule is CC(C)C(NC(=O)Cc1ccc2ccccc2c1)C(=O)N1CC(Oc2ccncc2)C1. The summed E-state index contributed by atoms with van der Waals surface area (Å²) in [4.78, 5) is 31.4. The van der Waals surface area contributed by atoms with E-state index in [1.54, 1.807) is 29.4 Å². The van der Waals surface area contributed by atoms with E-state index in [0.29, 0.717) is 13.1 Å². The molecule has 1 aliphatic heterocycles. The van der Waals surface area contributed by atoms with Crippen LogP contribution in [0.4, 0.5) is 0 Å². The molecule has 0 radical (unpaired) electrons. The van der Waals surface area contributed by atoms with Crippen molar-refractivity contribution in [2.45, 2.75) is 32.4 Å². The van der Waals surface area contributed by atoms with Gasteiger partial charge in [-0.05, 0) is 34.4 Å². The summed E-state index contributed by atoms with van der Waals surface area (Å²) in [6.07, 6.45) is 3.57. The van der Waals surface area contributed by atoms with E-state index in [0.717, 1.165) is 22.1 Å². The maximum atomic E-state index is 13.0. The van der Waals surface area contributed by atoms with Crippen molar-refractivity contribution in [3.8, 4) is 5.75 Å². The summed E-state index contributed by atoms with van der Waals surface area (Å²) < 4.78 is 5.84. The molecule has 1 fully saturated rings. The number of hydrogen-bond acceptors (Lipinski definition) is 4. The largest absolute Gasteiger partial charge is 0.487 e. The topological polar surface area (TPSA) is 71.5 Å². The quantitative estimate of drug-likeness (QED) is 0.641. The van der Waals surface area contributed by atoms with Gasteiger partial charge in [-0.1, -0.05) is 56.3 Å². The number of nitrogens with zero attached hydrogens (tertiary/aromatic N) is 2. The van der Waals surface area contributed by atoms with Gasteiger partial charge in [-0.3, -0.25) is 14.6 Å². The molecule has 4 rings (SSSR count). The molecule has 0 aliphatic carbocycles. The van der Waals surface area contributed by atoms with Crippen molar-refractivity contribution in [2.24, 2.45) is 5.92 Å². The highest BCUT2D eigenvalue weighted by atomic mass is 16.5. The molecular formula is C25H27N3O3. The summed E-state index contributed by atoms with van der Waals surface area (Å²) in [5.41, 5.74) is 0.931. The minimum Gasteiger partial charge on any atom is -0.487 e. The first kappa shape index (κ1) is 20.8. The molecule has 2 aromatic carbocycles. The van der Waals surface area contributed by atoms with Gasteiger partial charge < -0.3 is 15.0 Å². The predicted octanol–water partition coefficient (Wildman–Crippen LogP) is 3.21. The van der Waals surface area contributed by atoms with Crippen molar-refractivity contribution < 1.29 is 14.3 Å². The summed E-state index contributed by atoms with van der Waals surface area (Å²) in [5, 5.41) is 5.19. The number of fused-ring (bicyclic) bond motifs is 1. The molecule has 6 heteroatoms. The van der Waals surface area contributed by atoms with Gasteiger partial charge in [0.05, 0.1) is 19.5 Å². The van der Waals surface area contributed by atoms with Gasteiger partial charge in [0.15, 0.2) is 0 Å². The number of amides is 2. The zero-order valence-electron chi connectivity index (χ0n) is 17.8. The summed E-state index contributed by atoms with van der Waals surface area (Å²) in [6, 6.07) is 17.1. The van der Waals surface area contributed by atoms with E-state index in [9.17, 15) is 9.59 Å². The second kappa shape index (κ2) is 9.16. The lowest BCUT2D eigenvalue weighted by Gasteiger charge is -2.41. The Balaban J connectivity index is 1.32. The van der Waals surface area contributed by atoms with Gasteiger partial charge in [-0.25, -0.2) is 0 Å². The maximum absolute atomic E-state index is 13.0. The average Bonchev–Trinajstić information content (AvgIpc) is 2.74. The minimum atomic E-state index is -0.546. The first-order chi connectivity index (χ1) is 15.0. The number of carbonyl (C=O) groups is 2. The first-order valence-corrected chi connectivity index (χ1v) is 10.6. The van der Waals surface area contributed by atoms with E-state index in [4.69, 9.17) is 4.74 Å². The van der Waals surface area contributed by atoms with Crippen LogP contribution in [0.5, 0.6) is 5.75 Å². The highest BCUT2D eigenvalue weighted by molar-refractivity contribution is 5.90. The van der Waals surface area contributed by atoms with Gasteiger partial charge in [0.25, 0.3) is 0 Å². The van der Waals surface area contributed by atoms with E-state index in [1.165, 1.54) is 0 Å². The third kappa shape index (κ3) is 5.02. The number of benzene rings is 2. The van der Waals surface area contributed by atoms with Crippen LogP contribution in [0.15, 0.2) is 67.0 Å². The van der Waals surface area contributed by atoms with Gasteiger partial charge in [0.1, 0.15) is 17.9 Å². The average molecular weight is 418 g/mol. The molecule has 160 valence electrons. The highest BCUT2D eigenvalue weighted by Gasteiger charge is 2.37. The van der Waals surface area contributed by atoms with Gasteiger partial charge in [-0.15, -0.1) is 0 Å². The molecule has 0 saturated carbocycles. The fraction of sp³-hybridized carbons (Fsp3) is 0.320. The Bertz CT molecular complexity index is 1060. The molecule has 1 atom stereocenters. The molecule has 0 bridgehead atoms. The molecule has 0 spiro atoms. The lowest BCUT2D eigenvalue weighted by Crippen LogP contribution is -2.62. The maximum Gasteiger partial charge on any atom is 0.245 e. The fourth-order valence-corrected chi connectivity index (χ4v) is 3.77. The lowest BCUT2D eigenvalue weighted by atomic mass is 9.99. The Morgan fingerprint density at radius 3 is 2.48 bits per heavy atom. The van der Waals surface area contributed by atoms with Crippen LogP contribution < -0.4 is 10.1 Å². The molecule has 1 saturated heterocycles. The third-order valence-corrected chi connectivity index (χ3v) is 5.54. The fourth-order valence-electron chi connectivity index (χ4n) is 3.77. The number of nitrogens with one attached hydrogen (secondary N) is 1. The molecule has 1 aliphatic rings. The Kier molecular flexibility index (Phi) is 6.16. The highest BCUT2D eigenvalue weighted by Crippen LogP contribution is 2.20. The normalized spacial score (nSPS) is 14.9. The van der Waals surface area contributed by atoms with Crippen molar-refractivity contribution in [3.63, 3.8) is 0 Å². The number of carbonyl (C=O) groups excluding carboxylic acids is 2. The number of hydrogen-bond donors (Lipinski definition) is 1. The molecule has 2 heterocycles. The van der Waals surface area contributed by atoms with Crippen molar-refractivity contribution in [3.05, 3.63) is 72.6 Å². The lowest BCUT2D eigenvalue weighted by molar-refractivity contribution is -0.145. The van der Waals surface area contributed by atoms with Crippen LogP contribution in [0.25, 0.3) is 10.8 Å². The van der Waals surface area contributed by atoms with Crippen molar-refractivity contribution in [2.75, 3.05) is 13.1 Å². The summed E-state index contributed by atoms with van der Waals surface area (Å²) in [7, 11) is 0. The van der Waals surface area contributed by atoms with Crippen LogP contribution in [0.1, 0.15) is 19.4 Å². The third-order valence-electron chi connectivity index (χ3n) is 5.54. The Morgan fingerprint density at radius 2 is 1.77 bits per heavy atom. The zero-order valence-corrected chi connectivity index (χ0v) is 17.8. The molecule has 1 N–H and O–H groups in total. The van der Waals surface area contributed by atoms with Crippen LogP contribution in [0.2, 0.25) is 0 Å². The van der Waals surface area contributed by atoms with Crippen molar-refractivity contribution in [1.82, 2.24) is 15.2 Å². The van der Waals surface area contributed by atoms with Gasteiger partial charge in [0, 0.05) is 12.4 Å². The summed E-state index contributed by atoms with van der Waals surface area (Å²) in [6.45, 7) is 4.93. The Hall–Kier alpha value is -3.41. The van der Waals surface area contributed by atoms with Crippen LogP contribution in [-0.4, -0.2) is 46.9 Å². The Labute approximate surface area is 182 Å². The summed E-state index contributed by atoms with van der Waals surface area (Å²) in [5.74, 6) is 0.535. The monoisotopic (exact) mass is 417 g/mol. The molecular weight excluding hydrogens is 390 g/mol. The molecule has 2 amide bonds. The second-order valence-corrected chi connectivity index (χ2v) is 8.31. The van der Waals surface area contributed by atoms with Gasteiger partial charge >= 0.3 is 0 Å². The molecule has 3 aromatic rings. The first-order valence-electron chi connectivity index (χ1n) is 10.6. The zero-order chi connectivity index (χ0) is 21.8. The van der Waals surface area contributed by atoms with Crippen LogP contribution in [-0.2, 0) is 16.0 Å². The molecule has 31 heavy (non-hydrogen) atoms. The van der Waals surface area contributed by atoms with Crippen LogP contribution in [0.3, 0.4) is 0 Å². The van der Waals surface area contributed by atoms with E-state index in [1.807, 2.05) is 56.3 Å². The molecule has 6 nitrogen and oxygen atoms in total. The summed E-state index contributed by atoms with van der Waals surface area (Å²) >= 11 is 0. The standard InChI is InChI=1S/C25H27N3O3/c1-17(2)24(25(30)28-15-22(16-28)31-21-9-11-26-12-10-21)27-23(29)14-18-7-8-19-5-3-4-6-20(19)13-18/h3-13,17,22,24H,14-16H2,1-2H3,(H,27,29). The van der Waals surface area contributed by atoms with Crippen molar-refractivity contribution >= 4 is 22.6 Å². The Morgan fingerprint density at radius 1 is 1.06 bits per heavy atom. The number of rotatable bonds is 7. The van der Waals surface area contributed by atoms with Crippen LogP contribution in [0, 0.1) is 5.92 Å². The predicted molar refractivity (Wildman–Crippen MR) is 120 cm³/mol. The number of pyridine rings is 1. The number of likely N-dealkylation sites (tertiary alicyclic amines) is 1. The molecule has 1 unspecified atom stereocenters. The van der Waals surface area contributed by atoms with E-state index >= 15 is 0 Å². The number of ether oxygens (including phenoxy) is 1. The minimum absolute atomic E-state index is 0.00628. The molecule has 1 aromatic heterocycles. The second-order valence-electron chi connectivity index (χ2n) is 8.31. The van der Waals surface area contributed by atoms with Gasteiger partial charge in [-0.2, -0.15) is 0 Å².